The number of ether oxygens (including phenoxy) is 1. The van der Waals surface area contributed by atoms with Gasteiger partial charge in [0, 0.05) is 11.9 Å². The molecule has 2 heterocycles. The van der Waals surface area contributed by atoms with E-state index in [0.29, 0.717) is 22.9 Å². The van der Waals surface area contributed by atoms with Crippen molar-refractivity contribution in [3.05, 3.63) is 82.5 Å². The topological polar surface area (TPSA) is 93.5 Å². The molecule has 4 rings (SSSR count). The second-order valence-electron chi connectivity index (χ2n) is 6.32. The molecule has 29 heavy (non-hydrogen) atoms. The van der Waals surface area contributed by atoms with E-state index in [-0.39, 0.29) is 24.7 Å². The maximum atomic E-state index is 13.0. The van der Waals surface area contributed by atoms with Gasteiger partial charge in [0.2, 0.25) is 0 Å². The number of nitrogens with zero attached hydrogens (tertiary/aromatic N) is 3. The van der Waals surface area contributed by atoms with Crippen LogP contribution in [0, 0.1) is 0 Å². The third-order valence-electron chi connectivity index (χ3n) is 4.51. The van der Waals surface area contributed by atoms with Crippen molar-refractivity contribution in [3.8, 4) is 5.69 Å². The van der Waals surface area contributed by atoms with Crippen molar-refractivity contribution in [1.82, 2.24) is 9.55 Å². The lowest BCUT2D eigenvalue weighted by Gasteiger charge is -2.31. The number of carbonyl (C=O) groups excluding carboxylic acids is 2. The molecule has 8 heteroatoms. The summed E-state index contributed by atoms with van der Waals surface area (Å²) < 4.78 is 6.30. The number of aromatic nitrogens is 2. The van der Waals surface area contributed by atoms with Gasteiger partial charge in [-0.05, 0) is 31.2 Å². The first kappa shape index (κ1) is 18.4. The normalized spacial score (nSPS) is 12.0. The Hall–Kier alpha value is -3.94. The van der Waals surface area contributed by atoms with Gasteiger partial charge in [-0.2, -0.15) is 0 Å². The van der Waals surface area contributed by atoms with E-state index in [4.69, 9.17) is 4.74 Å². The number of fused-ring (bicyclic) bond motifs is 3. The van der Waals surface area contributed by atoms with Crippen LogP contribution in [-0.4, -0.2) is 28.2 Å². The highest BCUT2D eigenvalue weighted by atomic mass is 16.5. The number of rotatable bonds is 3. The van der Waals surface area contributed by atoms with Crippen molar-refractivity contribution >= 4 is 23.4 Å². The molecule has 0 aliphatic carbocycles. The summed E-state index contributed by atoms with van der Waals surface area (Å²) >= 11 is 0. The quantitative estimate of drug-likeness (QED) is 0.694. The maximum Gasteiger partial charge on any atom is 0.345 e. The number of benzene rings is 2. The molecule has 1 aliphatic rings. The first-order chi connectivity index (χ1) is 14.1. The number of nitrogens with one attached hydrogen (secondary N) is 1. The van der Waals surface area contributed by atoms with E-state index in [2.05, 4.69) is 10.3 Å². The Balaban J connectivity index is 1.76. The van der Waals surface area contributed by atoms with E-state index < -0.39 is 11.5 Å². The SMILES string of the molecule is CCOC(=O)c1cnc2n(c1=O)-c1ccccc1N(C(=O)Nc1ccccc1)C2. The summed E-state index contributed by atoms with van der Waals surface area (Å²) in [5.74, 6) is -0.369. The van der Waals surface area contributed by atoms with E-state index in [1.807, 2.05) is 18.2 Å². The van der Waals surface area contributed by atoms with Crippen molar-refractivity contribution in [2.45, 2.75) is 13.5 Å². The molecular formula is C21H18N4O4. The molecule has 1 aromatic heterocycles. The number of hydrogen-bond donors (Lipinski definition) is 1. The number of anilines is 2. The van der Waals surface area contributed by atoms with E-state index in [9.17, 15) is 14.4 Å². The van der Waals surface area contributed by atoms with Gasteiger partial charge in [-0.3, -0.25) is 14.3 Å². The largest absolute Gasteiger partial charge is 0.462 e. The van der Waals surface area contributed by atoms with Gasteiger partial charge in [-0.15, -0.1) is 0 Å². The molecule has 1 aliphatic heterocycles. The van der Waals surface area contributed by atoms with Crippen LogP contribution >= 0.6 is 0 Å². The van der Waals surface area contributed by atoms with Crippen LogP contribution in [0.4, 0.5) is 16.2 Å². The second kappa shape index (κ2) is 7.59. The zero-order chi connectivity index (χ0) is 20.4. The van der Waals surface area contributed by atoms with Crippen molar-refractivity contribution in [2.24, 2.45) is 0 Å². The monoisotopic (exact) mass is 390 g/mol. The van der Waals surface area contributed by atoms with Crippen LogP contribution < -0.4 is 15.8 Å². The van der Waals surface area contributed by atoms with E-state index >= 15 is 0 Å². The molecule has 0 fully saturated rings. The Bertz CT molecular complexity index is 1140. The average Bonchev–Trinajstić information content (AvgIpc) is 2.74. The lowest BCUT2D eigenvalue weighted by molar-refractivity contribution is 0.0523. The molecule has 0 saturated heterocycles. The molecular weight excluding hydrogens is 372 g/mol. The van der Waals surface area contributed by atoms with Crippen LogP contribution in [0.1, 0.15) is 23.1 Å². The van der Waals surface area contributed by atoms with Crippen LogP contribution in [-0.2, 0) is 11.3 Å². The van der Waals surface area contributed by atoms with Gasteiger partial charge in [0.05, 0.1) is 24.5 Å². The Morgan fingerprint density at radius 3 is 2.48 bits per heavy atom. The second-order valence-corrected chi connectivity index (χ2v) is 6.32. The first-order valence-electron chi connectivity index (χ1n) is 9.11. The van der Waals surface area contributed by atoms with Crippen molar-refractivity contribution in [1.29, 1.82) is 0 Å². The lowest BCUT2D eigenvalue weighted by atomic mass is 10.1. The summed E-state index contributed by atoms with van der Waals surface area (Å²) in [7, 11) is 0. The molecule has 3 aromatic rings. The fourth-order valence-electron chi connectivity index (χ4n) is 3.20. The van der Waals surface area contributed by atoms with Crippen molar-refractivity contribution < 1.29 is 14.3 Å². The van der Waals surface area contributed by atoms with Crippen LogP contribution in [0.25, 0.3) is 5.69 Å². The molecule has 0 saturated carbocycles. The molecule has 0 unspecified atom stereocenters. The first-order valence-corrected chi connectivity index (χ1v) is 9.11. The molecule has 1 N–H and O–H groups in total. The standard InChI is InChI=1S/C21H18N4O4/c1-2-29-20(27)15-12-22-18-13-24(21(28)23-14-8-4-3-5-9-14)16-10-6-7-11-17(16)25(18)19(15)26/h3-12H,2,13H2,1H3,(H,23,28). The molecule has 0 radical (unpaired) electrons. The minimum absolute atomic E-state index is 0.0774. The smallest absolute Gasteiger partial charge is 0.345 e. The molecule has 0 atom stereocenters. The fraction of sp³-hybridized carbons (Fsp3) is 0.143. The highest BCUT2D eigenvalue weighted by Gasteiger charge is 2.29. The van der Waals surface area contributed by atoms with Crippen LogP contribution in [0.2, 0.25) is 0 Å². The third kappa shape index (κ3) is 3.36. The number of amides is 2. The maximum absolute atomic E-state index is 13.0. The highest BCUT2D eigenvalue weighted by Crippen LogP contribution is 2.30. The number of carbonyl (C=O) groups is 2. The van der Waals surface area contributed by atoms with Gasteiger partial charge in [0.1, 0.15) is 11.4 Å². The van der Waals surface area contributed by atoms with Crippen LogP contribution in [0.5, 0.6) is 0 Å². The van der Waals surface area contributed by atoms with Crippen molar-refractivity contribution in [3.63, 3.8) is 0 Å². The minimum Gasteiger partial charge on any atom is -0.462 e. The molecule has 2 amide bonds. The molecule has 0 bridgehead atoms. The van der Waals surface area contributed by atoms with Gasteiger partial charge in [-0.1, -0.05) is 30.3 Å². The highest BCUT2D eigenvalue weighted by molar-refractivity contribution is 6.03. The van der Waals surface area contributed by atoms with Gasteiger partial charge in [0.25, 0.3) is 5.56 Å². The van der Waals surface area contributed by atoms with Crippen molar-refractivity contribution in [2.75, 3.05) is 16.8 Å². The zero-order valence-corrected chi connectivity index (χ0v) is 15.7. The summed E-state index contributed by atoms with van der Waals surface area (Å²) in [6, 6.07) is 15.7. The number of urea groups is 1. The summed E-state index contributed by atoms with van der Waals surface area (Å²) in [6.45, 7) is 1.90. The van der Waals surface area contributed by atoms with E-state index in [1.165, 1.54) is 15.7 Å². The lowest BCUT2D eigenvalue weighted by Crippen LogP contribution is -2.42. The Morgan fingerprint density at radius 1 is 1.07 bits per heavy atom. The molecule has 146 valence electrons. The van der Waals surface area contributed by atoms with Gasteiger partial charge < -0.3 is 10.1 Å². The Labute approximate surface area is 166 Å². The van der Waals surface area contributed by atoms with E-state index in [1.54, 1.807) is 43.3 Å². The summed E-state index contributed by atoms with van der Waals surface area (Å²) in [5, 5.41) is 2.84. The van der Waals surface area contributed by atoms with Crippen LogP contribution in [0.15, 0.2) is 65.6 Å². The van der Waals surface area contributed by atoms with Gasteiger partial charge >= 0.3 is 12.0 Å². The Kier molecular flexibility index (Phi) is 4.82. The minimum atomic E-state index is -0.720. The Morgan fingerprint density at radius 2 is 1.76 bits per heavy atom. The van der Waals surface area contributed by atoms with Gasteiger partial charge in [-0.25, -0.2) is 14.6 Å². The zero-order valence-electron chi connectivity index (χ0n) is 15.7. The summed E-state index contributed by atoms with van der Waals surface area (Å²) in [4.78, 5) is 43.7. The molecule has 2 aromatic carbocycles. The van der Waals surface area contributed by atoms with Crippen LogP contribution in [0.3, 0.4) is 0 Å². The summed E-state index contributed by atoms with van der Waals surface area (Å²) in [5.41, 5.74) is 0.999. The van der Waals surface area contributed by atoms with E-state index in [0.717, 1.165) is 0 Å². The number of hydrogen-bond acceptors (Lipinski definition) is 5. The number of esters is 1. The predicted molar refractivity (Wildman–Crippen MR) is 107 cm³/mol. The molecule has 0 spiro atoms. The average molecular weight is 390 g/mol. The summed E-state index contributed by atoms with van der Waals surface area (Å²) in [6.07, 6.45) is 1.20. The third-order valence-corrected chi connectivity index (χ3v) is 4.51. The fourth-order valence-corrected chi connectivity index (χ4v) is 3.20. The van der Waals surface area contributed by atoms with Gasteiger partial charge in [0.15, 0.2) is 0 Å². The molecule has 8 nitrogen and oxygen atoms in total. The number of para-hydroxylation sites is 3. The predicted octanol–water partition coefficient (Wildman–Crippen LogP) is 2.96.